The van der Waals surface area contributed by atoms with Gasteiger partial charge in [-0.2, -0.15) is 0 Å². The summed E-state index contributed by atoms with van der Waals surface area (Å²) in [7, 11) is 0. The highest BCUT2D eigenvalue weighted by Crippen LogP contribution is 2.22. The summed E-state index contributed by atoms with van der Waals surface area (Å²) in [6.07, 6.45) is 3.61. The van der Waals surface area contributed by atoms with Crippen LogP contribution < -0.4 is 0 Å². The number of hydrogen-bond donors (Lipinski definition) is 1. The first-order chi connectivity index (χ1) is 8.29. The molecule has 2 aromatic rings. The number of aliphatic hydroxyl groups is 1. The minimum absolute atomic E-state index is 0.0684. The molecule has 0 aliphatic rings. The van der Waals surface area contributed by atoms with E-state index in [9.17, 15) is 0 Å². The van der Waals surface area contributed by atoms with Gasteiger partial charge in [0.05, 0.1) is 6.61 Å². The van der Waals surface area contributed by atoms with Crippen LogP contribution in [-0.2, 0) is 0 Å². The van der Waals surface area contributed by atoms with Crippen LogP contribution in [-0.4, -0.2) is 11.7 Å². The van der Waals surface area contributed by atoms with Crippen LogP contribution in [0, 0.1) is 0 Å². The Labute approximate surface area is 106 Å². The van der Waals surface area contributed by atoms with Crippen molar-refractivity contribution in [3.8, 4) is 11.1 Å². The lowest BCUT2D eigenvalue weighted by Crippen LogP contribution is -1.79. The van der Waals surface area contributed by atoms with E-state index in [1.807, 2.05) is 42.5 Å². The van der Waals surface area contributed by atoms with Gasteiger partial charge in [0.2, 0.25) is 0 Å². The molecule has 0 amide bonds. The van der Waals surface area contributed by atoms with E-state index in [1.54, 1.807) is 6.08 Å². The Morgan fingerprint density at radius 2 is 1.41 bits per heavy atom. The molecule has 0 aliphatic carbocycles. The number of benzene rings is 2. The Morgan fingerprint density at radius 1 is 0.882 bits per heavy atom. The van der Waals surface area contributed by atoms with Gasteiger partial charge < -0.3 is 5.11 Å². The van der Waals surface area contributed by atoms with Crippen LogP contribution in [0.15, 0.2) is 54.6 Å². The summed E-state index contributed by atoms with van der Waals surface area (Å²) in [5.74, 6) is 0. The molecule has 17 heavy (non-hydrogen) atoms. The summed E-state index contributed by atoms with van der Waals surface area (Å²) in [6.45, 7) is 0.0684. The van der Waals surface area contributed by atoms with Crippen molar-refractivity contribution in [2.45, 2.75) is 0 Å². The summed E-state index contributed by atoms with van der Waals surface area (Å²) >= 11 is 5.85. The molecule has 0 aromatic heterocycles. The monoisotopic (exact) mass is 244 g/mol. The van der Waals surface area contributed by atoms with Crippen LogP contribution >= 0.6 is 11.6 Å². The van der Waals surface area contributed by atoms with Gasteiger partial charge in [0.1, 0.15) is 0 Å². The second-order valence-corrected chi connectivity index (χ2v) is 4.15. The molecule has 2 rings (SSSR count). The van der Waals surface area contributed by atoms with Crippen molar-refractivity contribution in [1.82, 2.24) is 0 Å². The number of halogens is 1. The van der Waals surface area contributed by atoms with Gasteiger partial charge in [-0.3, -0.25) is 0 Å². The summed E-state index contributed by atoms with van der Waals surface area (Å²) < 4.78 is 0. The van der Waals surface area contributed by atoms with Gasteiger partial charge in [-0.15, -0.1) is 0 Å². The van der Waals surface area contributed by atoms with Crippen LogP contribution in [0.5, 0.6) is 0 Å². The third-order valence-electron chi connectivity index (χ3n) is 2.50. The highest BCUT2D eigenvalue weighted by molar-refractivity contribution is 6.30. The van der Waals surface area contributed by atoms with Crippen LogP contribution in [0.25, 0.3) is 17.2 Å². The van der Waals surface area contributed by atoms with E-state index < -0.39 is 0 Å². The minimum atomic E-state index is 0.0684. The summed E-state index contributed by atoms with van der Waals surface area (Å²) in [5, 5.41) is 9.43. The summed E-state index contributed by atoms with van der Waals surface area (Å²) in [4.78, 5) is 0. The van der Waals surface area contributed by atoms with Crippen molar-refractivity contribution in [3.05, 3.63) is 65.2 Å². The van der Waals surface area contributed by atoms with E-state index in [-0.39, 0.29) is 6.61 Å². The molecule has 2 aromatic carbocycles. The zero-order chi connectivity index (χ0) is 12.1. The van der Waals surface area contributed by atoms with E-state index in [1.165, 1.54) is 0 Å². The zero-order valence-corrected chi connectivity index (χ0v) is 10.1. The standard InChI is InChI=1S/C15H13ClO/c16-15-9-7-14(8-10-15)13-5-3-12(4-6-13)2-1-11-17/h1-10,17H,11H2. The zero-order valence-electron chi connectivity index (χ0n) is 9.31. The minimum Gasteiger partial charge on any atom is -0.392 e. The molecule has 2 heteroatoms. The van der Waals surface area contributed by atoms with Gasteiger partial charge in [0, 0.05) is 5.02 Å². The predicted molar refractivity (Wildman–Crippen MR) is 73.0 cm³/mol. The average molecular weight is 245 g/mol. The van der Waals surface area contributed by atoms with Gasteiger partial charge in [-0.05, 0) is 28.8 Å². The molecule has 0 saturated carbocycles. The van der Waals surface area contributed by atoms with Gasteiger partial charge in [0.15, 0.2) is 0 Å². The quantitative estimate of drug-likeness (QED) is 0.865. The molecule has 0 aliphatic heterocycles. The van der Waals surface area contributed by atoms with Gasteiger partial charge in [-0.25, -0.2) is 0 Å². The van der Waals surface area contributed by atoms with E-state index in [0.29, 0.717) is 0 Å². The number of rotatable bonds is 3. The first-order valence-electron chi connectivity index (χ1n) is 5.43. The molecular weight excluding hydrogens is 232 g/mol. The van der Waals surface area contributed by atoms with Gasteiger partial charge in [0.25, 0.3) is 0 Å². The van der Waals surface area contributed by atoms with E-state index in [4.69, 9.17) is 16.7 Å². The SMILES string of the molecule is OCC=Cc1ccc(-c2ccc(Cl)cc2)cc1. The van der Waals surface area contributed by atoms with Crippen molar-refractivity contribution >= 4 is 17.7 Å². The van der Waals surface area contributed by atoms with Gasteiger partial charge >= 0.3 is 0 Å². The first-order valence-corrected chi connectivity index (χ1v) is 5.81. The Balaban J connectivity index is 2.23. The normalized spacial score (nSPS) is 10.9. The van der Waals surface area contributed by atoms with Crippen molar-refractivity contribution < 1.29 is 5.11 Å². The van der Waals surface area contributed by atoms with Crippen molar-refractivity contribution in [2.24, 2.45) is 0 Å². The largest absolute Gasteiger partial charge is 0.392 e. The fourth-order valence-corrected chi connectivity index (χ4v) is 1.74. The Bertz CT molecular complexity index is 497. The lowest BCUT2D eigenvalue weighted by atomic mass is 10.0. The Kier molecular flexibility index (Phi) is 3.97. The number of aliphatic hydroxyl groups excluding tert-OH is 1. The first kappa shape index (κ1) is 11.9. The molecule has 0 heterocycles. The molecular formula is C15H13ClO. The van der Waals surface area contributed by atoms with Crippen LogP contribution in [0.1, 0.15) is 5.56 Å². The molecule has 0 unspecified atom stereocenters. The van der Waals surface area contributed by atoms with Crippen molar-refractivity contribution in [1.29, 1.82) is 0 Å². The molecule has 0 bridgehead atoms. The lowest BCUT2D eigenvalue weighted by molar-refractivity contribution is 0.343. The Hall–Kier alpha value is -1.57. The second-order valence-electron chi connectivity index (χ2n) is 3.71. The van der Waals surface area contributed by atoms with E-state index in [2.05, 4.69) is 12.1 Å². The highest BCUT2D eigenvalue weighted by Gasteiger charge is 1.96. The van der Waals surface area contributed by atoms with Crippen LogP contribution in [0.3, 0.4) is 0 Å². The summed E-state index contributed by atoms with van der Waals surface area (Å²) in [6, 6.07) is 15.9. The molecule has 1 N–H and O–H groups in total. The number of hydrogen-bond acceptors (Lipinski definition) is 1. The third-order valence-corrected chi connectivity index (χ3v) is 2.76. The highest BCUT2D eigenvalue weighted by atomic mass is 35.5. The fraction of sp³-hybridized carbons (Fsp3) is 0.0667. The second kappa shape index (κ2) is 5.67. The van der Waals surface area contributed by atoms with E-state index in [0.717, 1.165) is 21.7 Å². The van der Waals surface area contributed by atoms with Crippen LogP contribution in [0.4, 0.5) is 0 Å². The molecule has 0 fully saturated rings. The van der Waals surface area contributed by atoms with Gasteiger partial charge in [-0.1, -0.05) is 60.2 Å². The van der Waals surface area contributed by atoms with Crippen LogP contribution in [0.2, 0.25) is 5.02 Å². The van der Waals surface area contributed by atoms with E-state index >= 15 is 0 Å². The fourth-order valence-electron chi connectivity index (χ4n) is 1.62. The molecule has 0 atom stereocenters. The molecule has 0 radical (unpaired) electrons. The molecule has 1 nitrogen and oxygen atoms in total. The molecule has 0 saturated heterocycles. The average Bonchev–Trinajstić information content (AvgIpc) is 2.38. The topological polar surface area (TPSA) is 20.2 Å². The lowest BCUT2D eigenvalue weighted by Gasteiger charge is -2.02. The maximum atomic E-state index is 8.69. The summed E-state index contributed by atoms with van der Waals surface area (Å²) in [5.41, 5.74) is 3.38. The maximum Gasteiger partial charge on any atom is 0.0615 e. The van der Waals surface area contributed by atoms with Crippen molar-refractivity contribution in [3.63, 3.8) is 0 Å². The maximum absolute atomic E-state index is 8.69. The molecule has 86 valence electrons. The molecule has 0 spiro atoms. The Morgan fingerprint density at radius 3 is 1.94 bits per heavy atom. The third kappa shape index (κ3) is 3.19. The van der Waals surface area contributed by atoms with Crippen molar-refractivity contribution in [2.75, 3.05) is 6.61 Å². The predicted octanol–water partition coefficient (Wildman–Crippen LogP) is 4.01. The smallest absolute Gasteiger partial charge is 0.0615 e.